The smallest absolute Gasteiger partial charge is 0.292 e. The van der Waals surface area contributed by atoms with Crippen molar-refractivity contribution in [3.05, 3.63) is 33.4 Å². The molecule has 1 aliphatic heterocycles. The SMILES string of the molecule is Cc1ccc(C)c(S(=O)(=O)NC2CCNCC2)c1[N+](=O)[O-].Cl. The summed E-state index contributed by atoms with van der Waals surface area (Å²) in [6.07, 6.45) is 1.36. The van der Waals surface area contributed by atoms with Crippen LogP contribution < -0.4 is 10.0 Å². The van der Waals surface area contributed by atoms with E-state index in [9.17, 15) is 18.5 Å². The minimum atomic E-state index is -3.91. The van der Waals surface area contributed by atoms with Crippen LogP contribution in [0.1, 0.15) is 24.0 Å². The molecule has 2 N–H and O–H groups in total. The summed E-state index contributed by atoms with van der Waals surface area (Å²) in [5.74, 6) is 0. The summed E-state index contributed by atoms with van der Waals surface area (Å²) < 4.78 is 27.7. The molecule has 124 valence electrons. The Labute approximate surface area is 136 Å². The van der Waals surface area contributed by atoms with Crippen molar-refractivity contribution in [3.63, 3.8) is 0 Å². The number of aryl methyl sites for hydroxylation is 2. The van der Waals surface area contributed by atoms with Crippen molar-refractivity contribution in [2.24, 2.45) is 0 Å². The average Bonchev–Trinajstić information content (AvgIpc) is 2.41. The van der Waals surface area contributed by atoms with E-state index in [-0.39, 0.29) is 29.0 Å². The van der Waals surface area contributed by atoms with Gasteiger partial charge in [-0.1, -0.05) is 12.1 Å². The number of nitrogens with one attached hydrogen (secondary N) is 2. The van der Waals surface area contributed by atoms with Gasteiger partial charge in [0, 0.05) is 11.6 Å². The lowest BCUT2D eigenvalue weighted by atomic mass is 10.1. The topological polar surface area (TPSA) is 101 Å². The molecule has 9 heteroatoms. The zero-order chi connectivity index (χ0) is 15.6. The van der Waals surface area contributed by atoms with E-state index in [2.05, 4.69) is 10.0 Å². The molecule has 1 aliphatic rings. The maximum atomic E-state index is 12.6. The molecule has 0 saturated carbocycles. The number of halogens is 1. The number of benzene rings is 1. The van der Waals surface area contributed by atoms with Gasteiger partial charge in [-0.3, -0.25) is 10.1 Å². The second-order valence-electron chi connectivity index (χ2n) is 5.28. The van der Waals surface area contributed by atoms with E-state index in [1.165, 1.54) is 0 Å². The van der Waals surface area contributed by atoms with E-state index in [1.807, 2.05) is 0 Å². The molecule has 1 fully saturated rings. The normalized spacial score (nSPS) is 16.1. The number of nitro groups is 1. The molecule has 22 heavy (non-hydrogen) atoms. The number of nitrogens with zero attached hydrogens (tertiary/aromatic N) is 1. The van der Waals surface area contributed by atoms with Gasteiger partial charge in [0.05, 0.1) is 4.92 Å². The van der Waals surface area contributed by atoms with Crippen LogP contribution in [0.15, 0.2) is 17.0 Å². The first-order valence-electron chi connectivity index (χ1n) is 6.80. The summed E-state index contributed by atoms with van der Waals surface area (Å²) in [6, 6.07) is 2.98. The van der Waals surface area contributed by atoms with Crippen molar-refractivity contribution < 1.29 is 13.3 Å². The molecule has 0 amide bonds. The van der Waals surface area contributed by atoms with Gasteiger partial charge in [-0.15, -0.1) is 12.4 Å². The predicted octanol–water partition coefficient (Wildman–Crippen LogP) is 1.66. The second kappa shape index (κ2) is 7.36. The molecular weight excluding hydrogens is 330 g/mol. The molecule has 0 spiro atoms. The molecule has 7 nitrogen and oxygen atoms in total. The van der Waals surface area contributed by atoms with Crippen LogP contribution >= 0.6 is 12.4 Å². The van der Waals surface area contributed by atoms with Gasteiger partial charge in [0.1, 0.15) is 0 Å². The molecule has 1 saturated heterocycles. The fourth-order valence-corrected chi connectivity index (χ4v) is 4.33. The Kier molecular flexibility index (Phi) is 6.30. The molecule has 0 atom stereocenters. The zero-order valence-corrected chi connectivity index (χ0v) is 14.1. The highest BCUT2D eigenvalue weighted by molar-refractivity contribution is 7.89. The standard InChI is InChI=1S/C13H19N3O4S.ClH/c1-9-3-4-10(2)13(12(9)16(17)18)21(19,20)15-11-5-7-14-8-6-11;/h3-4,11,14-15H,5-8H2,1-2H3;1H. The van der Waals surface area contributed by atoms with Gasteiger partial charge >= 0.3 is 0 Å². The van der Waals surface area contributed by atoms with Gasteiger partial charge in [0.25, 0.3) is 5.69 Å². The van der Waals surface area contributed by atoms with Gasteiger partial charge in [0.2, 0.25) is 10.0 Å². The molecule has 1 aromatic carbocycles. The van der Waals surface area contributed by atoms with Crippen molar-refractivity contribution in [2.75, 3.05) is 13.1 Å². The van der Waals surface area contributed by atoms with E-state index < -0.39 is 14.9 Å². The van der Waals surface area contributed by atoms with E-state index >= 15 is 0 Å². The summed E-state index contributed by atoms with van der Waals surface area (Å²) in [5, 5.41) is 14.4. The number of nitro benzene ring substituents is 1. The molecule has 1 heterocycles. The summed E-state index contributed by atoms with van der Waals surface area (Å²) in [5.41, 5.74) is 0.390. The Hall–Kier alpha value is -1.22. The first kappa shape index (κ1) is 18.8. The van der Waals surface area contributed by atoms with Crippen molar-refractivity contribution in [1.29, 1.82) is 0 Å². The largest absolute Gasteiger partial charge is 0.317 e. The van der Waals surface area contributed by atoms with E-state index in [0.717, 1.165) is 13.1 Å². The Morgan fingerprint density at radius 1 is 1.23 bits per heavy atom. The Balaban J connectivity index is 0.00000242. The van der Waals surface area contributed by atoms with Gasteiger partial charge in [-0.2, -0.15) is 0 Å². The third-order valence-electron chi connectivity index (χ3n) is 3.64. The van der Waals surface area contributed by atoms with Crippen LogP contribution in [-0.2, 0) is 10.0 Å². The molecule has 0 aromatic heterocycles. The van der Waals surface area contributed by atoms with Crippen molar-refractivity contribution >= 4 is 28.1 Å². The van der Waals surface area contributed by atoms with Crippen LogP contribution in [0.4, 0.5) is 5.69 Å². The number of piperidine rings is 1. The summed E-state index contributed by atoms with van der Waals surface area (Å²) in [7, 11) is -3.91. The third-order valence-corrected chi connectivity index (χ3v) is 5.34. The highest BCUT2D eigenvalue weighted by Crippen LogP contribution is 2.30. The van der Waals surface area contributed by atoms with Crippen LogP contribution in [0, 0.1) is 24.0 Å². The minimum absolute atomic E-state index is 0. The third kappa shape index (κ3) is 3.95. The molecule has 0 bridgehead atoms. The summed E-state index contributed by atoms with van der Waals surface area (Å²) in [4.78, 5) is 10.4. The monoisotopic (exact) mass is 349 g/mol. The molecule has 0 radical (unpaired) electrons. The Morgan fingerprint density at radius 2 is 1.77 bits per heavy atom. The number of hydrogen-bond acceptors (Lipinski definition) is 5. The van der Waals surface area contributed by atoms with Gasteiger partial charge in [-0.05, 0) is 45.3 Å². The quantitative estimate of drug-likeness (QED) is 0.636. The average molecular weight is 350 g/mol. The fourth-order valence-electron chi connectivity index (χ4n) is 2.55. The van der Waals surface area contributed by atoms with Crippen molar-refractivity contribution in [3.8, 4) is 0 Å². The van der Waals surface area contributed by atoms with Gasteiger partial charge in [0.15, 0.2) is 4.90 Å². The second-order valence-corrected chi connectivity index (χ2v) is 6.93. The van der Waals surface area contributed by atoms with E-state index in [0.29, 0.717) is 24.0 Å². The first-order valence-corrected chi connectivity index (χ1v) is 8.29. The van der Waals surface area contributed by atoms with Crippen molar-refractivity contribution in [2.45, 2.75) is 37.6 Å². The Morgan fingerprint density at radius 3 is 2.32 bits per heavy atom. The maximum Gasteiger partial charge on any atom is 0.292 e. The molecule has 0 aliphatic carbocycles. The highest BCUT2D eigenvalue weighted by Gasteiger charge is 2.31. The number of sulfonamides is 1. The van der Waals surface area contributed by atoms with Crippen LogP contribution in [0.3, 0.4) is 0 Å². The molecule has 1 aromatic rings. The van der Waals surface area contributed by atoms with Crippen LogP contribution in [0.25, 0.3) is 0 Å². The number of rotatable bonds is 4. The van der Waals surface area contributed by atoms with Crippen LogP contribution in [0.2, 0.25) is 0 Å². The lowest BCUT2D eigenvalue weighted by Crippen LogP contribution is -2.42. The molecular formula is C13H20ClN3O4S. The zero-order valence-electron chi connectivity index (χ0n) is 12.5. The lowest BCUT2D eigenvalue weighted by molar-refractivity contribution is -0.388. The minimum Gasteiger partial charge on any atom is -0.317 e. The van der Waals surface area contributed by atoms with Crippen molar-refractivity contribution in [1.82, 2.24) is 10.0 Å². The highest BCUT2D eigenvalue weighted by atomic mass is 35.5. The summed E-state index contributed by atoms with van der Waals surface area (Å²) >= 11 is 0. The van der Waals surface area contributed by atoms with E-state index in [4.69, 9.17) is 0 Å². The fraction of sp³-hybridized carbons (Fsp3) is 0.538. The summed E-state index contributed by atoms with van der Waals surface area (Å²) in [6.45, 7) is 4.59. The van der Waals surface area contributed by atoms with Crippen LogP contribution in [0.5, 0.6) is 0 Å². The predicted molar refractivity (Wildman–Crippen MR) is 86.0 cm³/mol. The number of hydrogen-bond donors (Lipinski definition) is 2. The molecule has 2 rings (SSSR count). The van der Waals surface area contributed by atoms with Crippen LogP contribution in [-0.4, -0.2) is 32.5 Å². The van der Waals surface area contributed by atoms with Gasteiger partial charge in [-0.25, -0.2) is 13.1 Å². The first-order chi connectivity index (χ1) is 9.83. The molecule has 0 unspecified atom stereocenters. The maximum absolute atomic E-state index is 12.6. The van der Waals surface area contributed by atoms with E-state index in [1.54, 1.807) is 26.0 Å². The Bertz CT molecular complexity index is 657. The van der Waals surface area contributed by atoms with Gasteiger partial charge < -0.3 is 5.32 Å². The lowest BCUT2D eigenvalue weighted by Gasteiger charge is -2.23.